The fourth-order valence-electron chi connectivity index (χ4n) is 3.63. The lowest BCUT2D eigenvalue weighted by Crippen LogP contribution is -2.43. The molecule has 0 saturated heterocycles. The predicted octanol–water partition coefficient (Wildman–Crippen LogP) is 2.03. The lowest BCUT2D eigenvalue weighted by atomic mass is 10.1. The first-order valence-electron chi connectivity index (χ1n) is 8.73. The van der Waals surface area contributed by atoms with Gasteiger partial charge in [0.15, 0.2) is 0 Å². The van der Waals surface area contributed by atoms with Gasteiger partial charge in [0, 0.05) is 36.2 Å². The van der Waals surface area contributed by atoms with Gasteiger partial charge in [-0.25, -0.2) is 8.42 Å². The maximum atomic E-state index is 12.2. The Labute approximate surface area is 148 Å². The predicted molar refractivity (Wildman–Crippen MR) is 98.8 cm³/mol. The Balaban J connectivity index is 1.54. The van der Waals surface area contributed by atoms with E-state index in [0.717, 1.165) is 42.1 Å². The van der Waals surface area contributed by atoms with Crippen LogP contribution in [0.25, 0.3) is 10.9 Å². The molecule has 0 bridgehead atoms. The number of carbonyl (C=O) groups excluding carboxylic acids is 1. The second-order valence-corrected chi connectivity index (χ2v) is 8.63. The lowest BCUT2D eigenvalue weighted by Gasteiger charge is -2.26. The number of carbonyl (C=O) groups is 1. The Bertz CT molecular complexity index is 838. The Morgan fingerprint density at radius 2 is 2.00 bits per heavy atom. The van der Waals surface area contributed by atoms with E-state index >= 15 is 0 Å². The lowest BCUT2D eigenvalue weighted by molar-refractivity contribution is -0.120. The van der Waals surface area contributed by atoms with Gasteiger partial charge in [-0.1, -0.05) is 31.0 Å². The highest BCUT2D eigenvalue weighted by molar-refractivity contribution is 7.88. The average Bonchev–Trinajstić information content (AvgIpc) is 3.21. The van der Waals surface area contributed by atoms with E-state index in [2.05, 4.69) is 10.3 Å². The van der Waals surface area contributed by atoms with E-state index in [-0.39, 0.29) is 18.4 Å². The quantitative estimate of drug-likeness (QED) is 0.790. The third-order valence-electron chi connectivity index (χ3n) is 4.84. The van der Waals surface area contributed by atoms with Crippen molar-refractivity contribution in [2.75, 3.05) is 19.3 Å². The van der Waals surface area contributed by atoms with Crippen LogP contribution < -0.4 is 5.32 Å². The summed E-state index contributed by atoms with van der Waals surface area (Å²) in [5.41, 5.74) is 1.96. The highest BCUT2D eigenvalue weighted by Gasteiger charge is 2.28. The molecular weight excluding hydrogens is 338 g/mol. The van der Waals surface area contributed by atoms with Crippen LogP contribution in [-0.2, 0) is 21.2 Å². The number of nitrogens with zero attached hydrogens (tertiary/aromatic N) is 1. The number of hydrogen-bond donors (Lipinski definition) is 2. The summed E-state index contributed by atoms with van der Waals surface area (Å²) in [6, 6.07) is 7.94. The molecule has 2 aromatic rings. The van der Waals surface area contributed by atoms with Crippen LogP contribution in [0.15, 0.2) is 30.5 Å². The Morgan fingerprint density at radius 3 is 2.72 bits per heavy atom. The highest BCUT2D eigenvalue weighted by atomic mass is 32.2. The number of para-hydroxylation sites is 1. The first-order valence-corrected chi connectivity index (χ1v) is 10.6. The summed E-state index contributed by atoms with van der Waals surface area (Å²) in [7, 11) is -3.25. The third kappa shape index (κ3) is 4.41. The minimum absolute atomic E-state index is 0.0838. The molecule has 1 saturated carbocycles. The molecule has 2 N–H and O–H groups in total. The number of rotatable bonds is 7. The average molecular weight is 363 g/mol. The molecule has 1 aromatic carbocycles. The molecule has 1 fully saturated rings. The van der Waals surface area contributed by atoms with Crippen LogP contribution in [0.1, 0.15) is 31.2 Å². The first kappa shape index (κ1) is 17.9. The summed E-state index contributed by atoms with van der Waals surface area (Å²) in [6.07, 6.45) is 7.36. The van der Waals surface area contributed by atoms with Gasteiger partial charge in [0.25, 0.3) is 0 Å². The fraction of sp³-hybridized carbons (Fsp3) is 0.500. The molecule has 25 heavy (non-hydrogen) atoms. The molecule has 136 valence electrons. The van der Waals surface area contributed by atoms with Gasteiger partial charge in [0.05, 0.1) is 12.7 Å². The van der Waals surface area contributed by atoms with Gasteiger partial charge < -0.3 is 10.3 Å². The highest BCUT2D eigenvalue weighted by Crippen LogP contribution is 2.25. The molecule has 6 nitrogen and oxygen atoms in total. The van der Waals surface area contributed by atoms with Crippen LogP contribution in [0.3, 0.4) is 0 Å². The van der Waals surface area contributed by atoms with E-state index in [1.54, 1.807) is 4.31 Å². The number of sulfonamides is 1. The Kier molecular flexibility index (Phi) is 5.44. The second kappa shape index (κ2) is 7.58. The van der Waals surface area contributed by atoms with Gasteiger partial charge in [0.2, 0.25) is 15.9 Å². The molecule has 1 amide bonds. The standard InChI is InChI=1S/C18H25N3O3S/c1-25(23,24)21(15-6-2-3-7-15)11-10-19-18(22)12-14-13-20-17-9-5-4-8-16(14)17/h4-5,8-9,13,15,20H,2-3,6-7,10-12H2,1H3,(H,19,22). The molecule has 1 aliphatic carbocycles. The molecule has 7 heteroatoms. The van der Waals surface area contributed by atoms with E-state index in [0.29, 0.717) is 13.1 Å². The maximum Gasteiger partial charge on any atom is 0.224 e. The molecule has 1 heterocycles. The van der Waals surface area contributed by atoms with Crippen LogP contribution >= 0.6 is 0 Å². The van der Waals surface area contributed by atoms with Crippen LogP contribution in [0.2, 0.25) is 0 Å². The van der Waals surface area contributed by atoms with E-state index in [1.165, 1.54) is 6.26 Å². The number of nitrogens with one attached hydrogen (secondary N) is 2. The van der Waals surface area contributed by atoms with Crippen LogP contribution in [0.5, 0.6) is 0 Å². The summed E-state index contributed by atoms with van der Waals surface area (Å²) in [5, 5.41) is 3.90. The minimum Gasteiger partial charge on any atom is -0.361 e. The van der Waals surface area contributed by atoms with Gasteiger partial charge in [-0.05, 0) is 24.5 Å². The van der Waals surface area contributed by atoms with Crippen molar-refractivity contribution in [2.45, 2.75) is 38.1 Å². The van der Waals surface area contributed by atoms with Crippen molar-refractivity contribution in [3.63, 3.8) is 0 Å². The molecule has 0 atom stereocenters. The molecule has 1 aliphatic rings. The van der Waals surface area contributed by atoms with E-state index in [4.69, 9.17) is 0 Å². The van der Waals surface area contributed by atoms with E-state index in [1.807, 2.05) is 30.5 Å². The number of hydrogen-bond acceptors (Lipinski definition) is 3. The van der Waals surface area contributed by atoms with Crippen LogP contribution in [0.4, 0.5) is 0 Å². The van der Waals surface area contributed by atoms with Crippen molar-refractivity contribution in [2.24, 2.45) is 0 Å². The van der Waals surface area contributed by atoms with Crippen molar-refractivity contribution in [1.82, 2.24) is 14.6 Å². The number of fused-ring (bicyclic) bond motifs is 1. The molecule has 0 aliphatic heterocycles. The van der Waals surface area contributed by atoms with Crippen LogP contribution in [0, 0.1) is 0 Å². The summed E-state index contributed by atoms with van der Waals surface area (Å²) in [4.78, 5) is 15.4. The zero-order valence-electron chi connectivity index (χ0n) is 14.5. The normalized spacial score (nSPS) is 15.9. The Morgan fingerprint density at radius 1 is 1.28 bits per heavy atom. The number of H-pyrrole nitrogens is 1. The van der Waals surface area contributed by atoms with E-state index < -0.39 is 10.0 Å². The molecular formula is C18H25N3O3S. The summed E-state index contributed by atoms with van der Waals surface area (Å²) >= 11 is 0. The van der Waals surface area contributed by atoms with Gasteiger partial charge in [-0.2, -0.15) is 4.31 Å². The Hall–Kier alpha value is -1.86. The summed E-state index contributed by atoms with van der Waals surface area (Å²) < 4.78 is 25.6. The number of benzene rings is 1. The SMILES string of the molecule is CS(=O)(=O)N(CCNC(=O)Cc1c[nH]c2ccccc12)C1CCCC1. The molecule has 3 rings (SSSR count). The second-order valence-electron chi connectivity index (χ2n) is 6.70. The molecule has 0 unspecified atom stereocenters. The largest absolute Gasteiger partial charge is 0.361 e. The zero-order valence-corrected chi connectivity index (χ0v) is 15.3. The van der Waals surface area contributed by atoms with Crippen molar-refractivity contribution in [3.8, 4) is 0 Å². The van der Waals surface area contributed by atoms with Crippen molar-refractivity contribution < 1.29 is 13.2 Å². The minimum atomic E-state index is -3.25. The molecule has 0 radical (unpaired) electrons. The van der Waals surface area contributed by atoms with Gasteiger partial charge in [-0.15, -0.1) is 0 Å². The first-order chi connectivity index (χ1) is 11.9. The van der Waals surface area contributed by atoms with Gasteiger partial charge in [0.1, 0.15) is 0 Å². The maximum absolute atomic E-state index is 12.2. The number of amides is 1. The zero-order chi connectivity index (χ0) is 17.9. The van der Waals surface area contributed by atoms with Gasteiger partial charge in [-0.3, -0.25) is 4.79 Å². The molecule has 0 spiro atoms. The van der Waals surface area contributed by atoms with Crippen molar-refractivity contribution in [1.29, 1.82) is 0 Å². The number of aromatic nitrogens is 1. The van der Waals surface area contributed by atoms with Crippen molar-refractivity contribution >= 4 is 26.8 Å². The topological polar surface area (TPSA) is 82.3 Å². The van der Waals surface area contributed by atoms with Crippen LogP contribution in [-0.4, -0.2) is 49.0 Å². The van der Waals surface area contributed by atoms with E-state index in [9.17, 15) is 13.2 Å². The monoisotopic (exact) mass is 363 g/mol. The van der Waals surface area contributed by atoms with Crippen molar-refractivity contribution in [3.05, 3.63) is 36.0 Å². The summed E-state index contributed by atoms with van der Waals surface area (Å²) in [5.74, 6) is -0.0929. The van der Waals surface area contributed by atoms with Gasteiger partial charge >= 0.3 is 0 Å². The smallest absolute Gasteiger partial charge is 0.224 e. The fourth-order valence-corrected chi connectivity index (χ4v) is 4.81. The summed E-state index contributed by atoms with van der Waals surface area (Å²) in [6.45, 7) is 0.674. The third-order valence-corrected chi connectivity index (χ3v) is 6.17. The molecule has 1 aromatic heterocycles. The number of aromatic amines is 1.